The van der Waals surface area contributed by atoms with Crippen LogP contribution in [0.25, 0.3) is 21.5 Å². The molecule has 0 aliphatic carbocycles. The van der Waals surface area contributed by atoms with Gasteiger partial charge in [-0.2, -0.15) is 0 Å². The number of rotatable bonds is 10. The molecule has 220 valence electrons. The fraction of sp³-hybridized carbons (Fsp3) is 0.345. The molecule has 0 saturated carbocycles. The van der Waals surface area contributed by atoms with E-state index in [4.69, 9.17) is 11.6 Å². The van der Waals surface area contributed by atoms with Crippen LogP contribution in [0.2, 0.25) is 0 Å². The van der Waals surface area contributed by atoms with E-state index in [-0.39, 0.29) is 36.5 Å². The number of halogens is 1. The maximum Gasteiger partial charge on any atom is 0.316 e. The van der Waals surface area contributed by atoms with Gasteiger partial charge in [-0.25, -0.2) is 9.97 Å². The van der Waals surface area contributed by atoms with Gasteiger partial charge in [0.2, 0.25) is 0 Å². The molecule has 3 N–H and O–H groups in total. The number of alkyl halides is 1. The van der Waals surface area contributed by atoms with Gasteiger partial charge in [-0.3, -0.25) is 14.4 Å². The van der Waals surface area contributed by atoms with Gasteiger partial charge in [-0.05, 0) is 21.8 Å². The number of nitrogens with zero attached hydrogens (tertiary/aromatic N) is 3. The predicted octanol–water partition coefficient (Wildman–Crippen LogP) is 4.15. The summed E-state index contributed by atoms with van der Waals surface area (Å²) in [7, 11) is 0.356. The third kappa shape index (κ3) is 6.56. The Morgan fingerprint density at radius 2 is 1.88 bits per heavy atom. The molecule has 0 fully saturated rings. The van der Waals surface area contributed by atoms with E-state index in [0.717, 1.165) is 28.1 Å². The third-order valence-corrected chi connectivity index (χ3v) is 10.2. The standard InChI is InChI=1S/C29H30ClN5O4S3/c1-42(2)11-5-9-31-26(37)20-15-41-28(34-20)21-16-40-24(33-21)8-10-32-27(38)29(39)35-14-17(13-30)25-19-7-4-3-6-18(19)23(36)12-22(25)35/h3-4,6-7,12,15-17H,5,8-11,13-14H2,1-2H3,(H2-,31,32,36,37,38)/p+1/t17-/m1/s1. The van der Waals surface area contributed by atoms with Crippen LogP contribution in [0.5, 0.6) is 5.75 Å². The number of amides is 3. The summed E-state index contributed by atoms with van der Waals surface area (Å²) >= 11 is 9.03. The molecule has 3 amide bonds. The fourth-order valence-electron chi connectivity index (χ4n) is 4.90. The lowest BCUT2D eigenvalue weighted by Gasteiger charge is -2.17. The van der Waals surface area contributed by atoms with Crippen molar-refractivity contribution in [3.8, 4) is 16.5 Å². The van der Waals surface area contributed by atoms with Gasteiger partial charge in [0.05, 0.1) is 23.2 Å². The van der Waals surface area contributed by atoms with Crippen molar-refractivity contribution in [2.24, 2.45) is 0 Å². The smallest absolute Gasteiger partial charge is 0.316 e. The number of carbonyl (C=O) groups excluding carboxylic acids is 3. The van der Waals surface area contributed by atoms with E-state index >= 15 is 0 Å². The molecule has 4 aromatic rings. The van der Waals surface area contributed by atoms with Crippen LogP contribution in [0, 0.1) is 0 Å². The quantitative estimate of drug-likeness (QED) is 0.103. The maximum absolute atomic E-state index is 13.2. The molecule has 1 aliphatic heterocycles. The van der Waals surface area contributed by atoms with E-state index in [1.165, 1.54) is 33.6 Å². The molecular formula is C29H31ClN5O4S3+. The minimum Gasteiger partial charge on any atom is -0.507 e. The molecule has 0 radical (unpaired) electrons. The number of phenolic OH excluding ortho intramolecular Hbond substituents is 1. The minimum atomic E-state index is -0.731. The summed E-state index contributed by atoms with van der Waals surface area (Å²) in [6, 6.07) is 8.95. The summed E-state index contributed by atoms with van der Waals surface area (Å²) in [5.41, 5.74) is 2.43. The zero-order chi connectivity index (χ0) is 29.8. The van der Waals surface area contributed by atoms with Gasteiger partial charge >= 0.3 is 11.8 Å². The number of aromatic nitrogens is 2. The van der Waals surface area contributed by atoms with Gasteiger partial charge in [0, 0.05) is 66.5 Å². The van der Waals surface area contributed by atoms with E-state index in [2.05, 4.69) is 33.1 Å². The van der Waals surface area contributed by atoms with E-state index in [0.29, 0.717) is 51.3 Å². The highest BCUT2D eigenvalue weighted by molar-refractivity contribution is 7.95. The van der Waals surface area contributed by atoms with Crippen molar-refractivity contribution < 1.29 is 19.5 Å². The summed E-state index contributed by atoms with van der Waals surface area (Å²) in [6.07, 6.45) is 5.75. The average Bonchev–Trinajstić information content (AvgIpc) is 3.73. The molecule has 5 rings (SSSR count). The Bertz CT molecular complexity index is 1620. The molecule has 2 aromatic heterocycles. The minimum absolute atomic E-state index is 0.0484. The van der Waals surface area contributed by atoms with Crippen LogP contribution in [-0.2, 0) is 26.9 Å². The Morgan fingerprint density at radius 1 is 1.10 bits per heavy atom. The molecule has 13 heteroatoms. The molecule has 0 spiro atoms. The van der Waals surface area contributed by atoms with Gasteiger partial charge in [0.25, 0.3) is 5.91 Å². The van der Waals surface area contributed by atoms with E-state index in [1.807, 2.05) is 29.6 Å². The highest BCUT2D eigenvalue weighted by Crippen LogP contribution is 2.45. The van der Waals surface area contributed by atoms with E-state index in [9.17, 15) is 19.5 Å². The van der Waals surface area contributed by atoms with Gasteiger partial charge < -0.3 is 20.6 Å². The van der Waals surface area contributed by atoms with Crippen molar-refractivity contribution in [3.63, 3.8) is 0 Å². The van der Waals surface area contributed by atoms with Crippen molar-refractivity contribution in [1.29, 1.82) is 0 Å². The molecule has 1 atom stereocenters. The number of anilines is 1. The maximum atomic E-state index is 13.2. The Hall–Kier alpha value is -3.19. The number of nitrogens with one attached hydrogen (secondary N) is 2. The van der Waals surface area contributed by atoms with Gasteiger partial charge in [0.1, 0.15) is 27.9 Å². The third-order valence-electron chi connectivity index (χ3n) is 6.92. The Kier molecular flexibility index (Phi) is 9.67. The highest BCUT2D eigenvalue weighted by atomic mass is 35.5. The van der Waals surface area contributed by atoms with Crippen molar-refractivity contribution in [3.05, 3.63) is 57.4 Å². The normalized spacial score (nSPS) is 14.4. The first-order chi connectivity index (χ1) is 20.3. The second-order valence-electron chi connectivity index (χ2n) is 10.1. The molecule has 0 unspecified atom stereocenters. The summed E-state index contributed by atoms with van der Waals surface area (Å²) in [6.45, 7) is 1.12. The summed E-state index contributed by atoms with van der Waals surface area (Å²) < 4.78 is 0. The van der Waals surface area contributed by atoms with Crippen LogP contribution in [0.4, 0.5) is 5.69 Å². The van der Waals surface area contributed by atoms with Crippen molar-refractivity contribution in [2.45, 2.75) is 18.8 Å². The van der Waals surface area contributed by atoms with Crippen LogP contribution in [-0.4, -0.2) is 76.6 Å². The van der Waals surface area contributed by atoms with Crippen LogP contribution >= 0.6 is 34.3 Å². The monoisotopic (exact) mass is 644 g/mol. The lowest BCUT2D eigenvalue weighted by molar-refractivity contribution is -0.137. The number of hydrogen-bond acceptors (Lipinski definition) is 8. The number of benzene rings is 2. The van der Waals surface area contributed by atoms with Crippen LogP contribution < -0.4 is 15.5 Å². The second-order valence-corrected chi connectivity index (χ2v) is 14.6. The first kappa shape index (κ1) is 30.3. The highest BCUT2D eigenvalue weighted by Gasteiger charge is 2.36. The van der Waals surface area contributed by atoms with Crippen LogP contribution in [0.15, 0.2) is 41.1 Å². The predicted molar refractivity (Wildman–Crippen MR) is 172 cm³/mol. The summed E-state index contributed by atoms with van der Waals surface area (Å²) in [4.78, 5) is 48.8. The molecule has 9 nitrogen and oxygen atoms in total. The molecule has 2 aromatic carbocycles. The second kappa shape index (κ2) is 13.4. The number of phenols is 1. The first-order valence-corrected chi connectivity index (χ1v) is 17.9. The zero-order valence-electron chi connectivity index (χ0n) is 23.2. The Balaban J connectivity index is 1.16. The average molecular weight is 645 g/mol. The molecule has 0 bridgehead atoms. The Labute approximate surface area is 259 Å². The first-order valence-electron chi connectivity index (χ1n) is 13.4. The largest absolute Gasteiger partial charge is 0.507 e. The number of thiazole rings is 2. The van der Waals surface area contributed by atoms with Crippen molar-refractivity contribution >= 4 is 79.4 Å². The zero-order valence-corrected chi connectivity index (χ0v) is 26.4. The molecule has 3 heterocycles. The molecular weight excluding hydrogens is 614 g/mol. The number of aromatic hydroxyl groups is 1. The van der Waals surface area contributed by atoms with E-state index < -0.39 is 11.8 Å². The number of fused-ring (bicyclic) bond motifs is 3. The van der Waals surface area contributed by atoms with Crippen LogP contribution in [0.1, 0.15) is 33.4 Å². The van der Waals surface area contributed by atoms with Gasteiger partial charge in [-0.15, -0.1) is 34.3 Å². The lowest BCUT2D eigenvalue weighted by Crippen LogP contribution is -2.43. The van der Waals surface area contributed by atoms with Gasteiger partial charge in [0.15, 0.2) is 0 Å². The SMILES string of the molecule is C[S+](C)CCCNC(=O)c1csc(-c2csc(CCNC(=O)C(=O)N3C[C@@H](CCl)c4c3cc(O)c3ccccc43)n2)n1. The fourth-order valence-corrected chi connectivity index (χ4v) is 7.49. The van der Waals surface area contributed by atoms with Crippen molar-refractivity contribution in [1.82, 2.24) is 20.6 Å². The van der Waals surface area contributed by atoms with Gasteiger partial charge in [-0.1, -0.05) is 24.3 Å². The topological polar surface area (TPSA) is 125 Å². The van der Waals surface area contributed by atoms with E-state index in [1.54, 1.807) is 5.38 Å². The lowest BCUT2D eigenvalue weighted by atomic mass is 9.95. The molecule has 42 heavy (non-hydrogen) atoms. The van der Waals surface area contributed by atoms with Crippen molar-refractivity contribution in [2.75, 3.05) is 48.7 Å². The Morgan fingerprint density at radius 3 is 2.64 bits per heavy atom. The summed E-state index contributed by atoms with van der Waals surface area (Å²) in [5.74, 6) is -0.354. The number of hydrogen-bond donors (Lipinski definition) is 3. The summed E-state index contributed by atoms with van der Waals surface area (Å²) in [5, 5.41) is 22.7. The van der Waals surface area contributed by atoms with Crippen LogP contribution in [0.3, 0.4) is 0 Å². The molecule has 0 saturated heterocycles. The molecule has 1 aliphatic rings. The number of carbonyl (C=O) groups is 3.